The molecule has 7 aliphatic rings. The smallest absolute Gasteiger partial charge is 0.348 e. The van der Waals surface area contributed by atoms with Crippen molar-refractivity contribution in [1.82, 2.24) is 15.7 Å². The number of nitrogens with one attached hydrogen (secondary N) is 2. The topological polar surface area (TPSA) is 188 Å². The highest BCUT2D eigenvalue weighted by atomic mass is 16.8. The zero-order valence-electron chi connectivity index (χ0n) is 31.8. The molecule has 4 aliphatic heterocycles. The molecule has 0 aromatic heterocycles. The number of carbonyl (C=O) groups excluding carboxylic acids is 5. The van der Waals surface area contributed by atoms with E-state index in [0.29, 0.717) is 16.7 Å². The molecule has 2 amide bonds. The third-order valence-electron chi connectivity index (χ3n) is 12.4. The third kappa shape index (κ3) is 6.72. The van der Waals surface area contributed by atoms with Gasteiger partial charge in [0.2, 0.25) is 12.0 Å². The molecule has 57 heavy (non-hydrogen) atoms. The van der Waals surface area contributed by atoms with E-state index in [9.17, 15) is 24.0 Å². The van der Waals surface area contributed by atoms with Gasteiger partial charge in [0, 0.05) is 48.4 Å². The molecular weight excluding hydrogens is 738 g/mol. The largest absolute Gasteiger partial charge is 0.462 e. The lowest BCUT2D eigenvalue weighted by molar-refractivity contribution is -0.235. The lowest BCUT2D eigenvalue weighted by Gasteiger charge is -2.48. The maximum Gasteiger partial charge on any atom is 0.348 e. The third-order valence-corrected chi connectivity index (χ3v) is 12.4. The Morgan fingerprint density at radius 1 is 0.947 bits per heavy atom. The van der Waals surface area contributed by atoms with E-state index in [-0.39, 0.29) is 57.0 Å². The van der Waals surface area contributed by atoms with Crippen LogP contribution in [0.4, 0.5) is 0 Å². The number of aliphatic hydroxyl groups is 1. The van der Waals surface area contributed by atoms with Crippen molar-refractivity contribution >= 4 is 35.8 Å². The molecule has 2 bridgehead atoms. The molecule has 7 atom stereocenters. The molecule has 302 valence electrons. The summed E-state index contributed by atoms with van der Waals surface area (Å²) in [6.07, 6.45) is 3.08. The van der Waals surface area contributed by atoms with Gasteiger partial charge >= 0.3 is 17.9 Å². The van der Waals surface area contributed by atoms with Gasteiger partial charge in [0.15, 0.2) is 11.8 Å². The Balaban J connectivity index is 0.977. The van der Waals surface area contributed by atoms with Crippen molar-refractivity contribution in [3.63, 3.8) is 0 Å². The number of nitrogens with zero attached hydrogens (tertiary/aromatic N) is 1. The highest BCUT2D eigenvalue weighted by molar-refractivity contribution is 5.95. The number of esters is 3. The zero-order chi connectivity index (χ0) is 39.7. The van der Waals surface area contributed by atoms with Gasteiger partial charge in [0.1, 0.15) is 36.4 Å². The fourth-order valence-electron chi connectivity index (χ4n) is 9.34. The Morgan fingerprint density at radius 3 is 2.40 bits per heavy atom. The van der Waals surface area contributed by atoms with Gasteiger partial charge in [-0.15, -0.1) is 0 Å². The van der Waals surface area contributed by atoms with Crippen molar-refractivity contribution in [2.45, 2.75) is 101 Å². The van der Waals surface area contributed by atoms with Gasteiger partial charge in [-0.3, -0.25) is 19.2 Å². The maximum atomic E-state index is 14.8. The first-order valence-electron chi connectivity index (χ1n) is 19.8. The highest BCUT2D eigenvalue weighted by Crippen LogP contribution is 2.63. The number of cyclic esters (lactones) is 1. The van der Waals surface area contributed by atoms with E-state index in [1.54, 1.807) is 56.3 Å². The summed E-state index contributed by atoms with van der Waals surface area (Å²) < 4.78 is 30.4. The summed E-state index contributed by atoms with van der Waals surface area (Å²) in [5.74, 6) is -2.91. The Labute approximate surface area is 329 Å². The van der Waals surface area contributed by atoms with Crippen molar-refractivity contribution in [2.75, 3.05) is 19.8 Å². The summed E-state index contributed by atoms with van der Waals surface area (Å²) >= 11 is 0. The van der Waals surface area contributed by atoms with E-state index < -0.39 is 77.0 Å². The number of amides is 2. The van der Waals surface area contributed by atoms with Gasteiger partial charge in [0.05, 0.1) is 13.2 Å². The predicted octanol–water partition coefficient (Wildman–Crippen LogP) is 2.33. The van der Waals surface area contributed by atoms with Crippen molar-refractivity contribution in [1.29, 1.82) is 0 Å². The number of hydrogen-bond acceptors (Lipinski definition) is 13. The molecule has 3 aliphatic carbocycles. The van der Waals surface area contributed by atoms with E-state index >= 15 is 0 Å². The first kappa shape index (κ1) is 37.9. The molecule has 15 heteroatoms. The first-order valence-corrected chi connectivity index (χ1v) is 19.8. The average molecular weight is 786 g/mol. The first-order chi connectivity index (χ1) is 27.4. The van der Waals surface area contributed by atoms with Gasteiger partial charge in [0.25, 0.3) is 5.91 Å². The van der Waals surface area contributed by atoms with E-state index in [2.05, 4.69) is 10.6 Å². The quantitative estimate of drug-likeness (QED) is 0.153. The molecule has 3 N–H and O–H groups in total. The fraction of sp³-hybridized carbons (Fsp3) is 0.548. The van der Waals surface area contributed by atoms with Gasteiger partial charge in [-0.1, -0.05) is 50.2 Å². The summed E-state index contributed by atoms with van der Waals surface area (Å²) in [6, 6.07) is 13.0. The van der Waals surface area contributed by atoms with Gasteiger partial charge in [-0.2, -0.15) is 5.06 Å². The molecule has 15 nitrogen and oxygen atoms in total. The number of hydroxylamine groups is 2. The van der Waals surface area contributed by atoms with Crippen LogP contribution in [0, 0.1) is 22.7 Å². The van der Waals surface area contributed by atoms with Crippen LogP contribution in [0.3, 0.4) is 0 Å². The van der Waals surface area contributed by atoms with E-state index in [1.165, 1.54) is 11.1 Å². The number of carbonyl (C=O) groups is 5. The summed E-state index contributed by atoms with van der Waals surface area (Å²) in [4.78, 5) is 73.1. The second-order valence-electron chi connectivity index (χ2n) is 17.0. The predicted molar refractivity (Wildman–Crippen MR) is 197 cm³/mol. The molecule has 7 unspecified atom stereocenters. The summed E-state index contributed by atoms with van der Waals surface area (Å²) in [5.41, 5.74) is 0.421. The highest BCUT2D eigenvalue weighted by Gasteiger charge is 2.78. The minimum absolute atomic E-state index is 0.0800. The molecule has 4 heterocycles. The average Bonchev–Trinajstić information content (AvgIpc) is 4.14. The van der Waals surface area contributed by atoms with E-state index in [0.717, 1.165) is 31.2 Å². The minimum atomic E-state index is -1.39. The van der Waals surface area contributed by atoms with Crippen LogP contribution < -0.4 is 10.6 Å². The van der Waals surface area contributed by atoms with Crippen LogP contribution >= 0.6 is 0 Å². The molecule has 7 fully saturated rings. The second kappa shape index (κ2) is 14.3. The van der Waals surface area contributed by atoms with Crippen LogP contribution in [-0.2, 0) is 60.8 Å². The molecule has 2 aromatic carbocycles. The number of fused-ring (bicyclic) bond motifs is 4. The lowest BCUT2D eigenvalue weighted by Crippen LogP contribution is -2.69. The SMILES string of the molecule is CC1(C)COC(=O)C1OC(=O)C=Cc1cccc(CN2OC3C4OC(C5CC5)(C5CC5)OC4C4CC3(C(=O)NCc3cccc(C(=O)NCCO)c3)C2C(=O)O4)c1. The van der Waals surface area contributed by atoms with Crippen LogP contribution in [0.1, 0.15) is 73.0 Å². The summed E-state index contributed by atoms with van der Waals surface area (Å²) in [5, 5.41) is 16.4. The summed E-state index contributed by atoms with van der Waals surface area (Å²) in [6.45, 7) is 3.86. The van der Waals surface area contributed by atoms with Crippen molar-refractivity contribution in [3.05, 3.63) is 76.9 Å². The molecule has 9 rings (SSSR count). The van der Waals surface area contributed by atoms with Gasteiger partial charge < -0.3 is 39.4 Å². The Hall–Kier alpha value is -4.67. The number of aliphatic hydroxyl groups excluding tert-OH is 1. The number of ether oxygens (including phenoxy) is 5. The second-order valence-corrected chi connectivity index (χ2v) is 17.0. The number of hydrogen-bond donors (Lipinski definition) is 3. The van der Waals surface area contributed by atoms with E-state index in [4.69, 9.17) is 33.6 Å². The van der Waals surface area contributed by atoms with Crippen LogP contribution in [0.5, 0.6) is 0 Å². The molecule has 3 saturated carbocycles. The van der Waals surface area contributed by atoms with Gasteiger partial charge in [-0.05, 0) is 60.6 Å². The van der Waals surface area contributed by atoms with Crippen LogP contribution in [0.2, 0.25) is 0 Å². The van der Waals surface area contributed by atoms with Crippen LogP contribution in [0.15, 0.2) is 54.6 Å². The number of rotatable bonds is 13. The normalized spacial score (nSPS) is 32.1. The summed E-state index contributed by atoms with van der Waals surface area (Å²) in [7, 11) is 0. The molecule has 0 spiro atoms. The van der Waals surface area contributed by atoms with Crippen molar-refractivity contribution in [3.8, 4) is 0 Å². The van der Waals surface area contributed by atoms with Crippen molar-refractivity contribution in [2.24, 2.45) is 22.7 Å². The Morgan fingerprint density at radius 2 is 1.68 bits per heavy atom. The van der Waals surface area contributed by atoms with Crippen LogP contribution in [0.25, 0.3) is 6.08 Å². The maximum absolute atomic E-state index is 14.8. The van der Waals surface area contributed by atoms with Gasteiger partial charge in [-0.25, -0.2) is 9.59 Å². The molecule has 0 radical (unpaired) electrons. The van der Waals surface area contributed by atoms with E-state index in [1.807, 2.05) is 12.1 Å². The molecule has 2 aromatic rings. The molecular formula is C42H47N3O12. The Kier molecular flexibility index (Phi) is 9.51. The Bertz CT molecular complexity index is 2000. The standard InChI is InChI=1S/C42H47N3O12/c1-40(2)22-52-38(50)35(40)54-30(47)14-9-23-5-3-7-25(17-23)21-45-33-37(49)53-29-19-41(33,39(51)44-20-24-6-4-8-26(18-24)36(48)43-15-16-46)34(57-45)32-31(29)55-42(56-32,27-10-11-27)28-12-13-28/h3-9,14,17-18,27-29,31-35,46H,10-13,15-16,19-22H2,1-2H3,(H,43,48)(H,44,51). The molecule has 4 saturated heterocycles. The van der Waals surface area contributed by atoms with Crippen molar-refractivity contribution < 1.29 is 57.6 Å². The fourth-order valence-corrected chi connectivity index (χ4v) is 9.34. The zero-order valence-corrected chi connectivity index (χ0v) is 31.8. The minimum Gasteiger partial charge on any atom is -0.462 e. The monoisotopic (exact) mass is 785 g/mol. The lowest BCUT2D eigenvalue weighted by atomic mass is 9.62. The van der Waals surface area contributed by atoms with Crippen LogP contribution in [-0.4, -0.2) is 102 Å². The number of benzene rings is 2.